The summed E-state index contributed by atoms with van der Waals surface area (Å²) in [6.07, 6.45) is 3.51. The third kappa shape index (κ3) is 3.21. The van der Waals surface area contributed by atoms with E-state index in [1.165, 1.54) is 7.11 Å². The fraction of sp³-hybridized carbons (Fsp3) is 0.611. The van der Waals surface area contributed by atoms with Crippen LogP contribution in [0.1, 0.15) is 31.2 Å². The van der Waals surface area contributed by atoms with Crippen LogP contribution in [0.2, 0.25) is 0 Å². The fourth-order valence-electron chi connectivity index (χ4n) is 3.74. The molecule has 0 amide bonds. The Labute approximate surface area is 136 Å². The van der Waals surface area contributed by atoms with E-state index in [2.05, 4.69) is 0 Å². The Kier molecular flexibility index (Phi) is 4.60. The fourth-order valence-corrected chi connectivity index (χ4v) is 3.74. The van der Waals surface area contributed by atoms with Gasteiger partial charge in [0.15, 0.2) is 5.79 Å². The number of benzene rings is 1. The molecule has 1 aromatic carbocycles. The molecule has 3 rings (SSSR count). The lowest BCUT2D eigenvalue weighted by atomic mass is 9.68. The topological polar surface area (TPSA) is 54.0 Å². The molecular weight excluding hydrogens is 296 g/mol. The Morgan fingerprint density at radius 3 is 2.43 bits per heavy atom. The quantitative estimate of drug-likeness (QED) is 0.799. The van der Waals surface area contributed by atoms with Crippen molar-refractivity contribution < 1.29 is 23.7 Å². The van der Waals surface area contributed by atoms with E-state index in [0.717, 1.165) is 24.2 Å². The molecule has 0 N–H and O–H groups in total. The zero-order valence-electron chi connectivity index (χ0n) is 13.8. The lowest BCUT2D eigenvalue weighted by Gasteiger charge is -2.41. The summed E-state index contributed by atoms with van der Waals surface area (Å²) in [5.41, 5.74) is 0.570. The second kappa shape index (κ2) is 6.49. The Hall–Kier alpha value is -1.59. The van der Waals surface area contributed by atoms with Gasteiger partial charge in [-0.25, -0.2) is 0 Å². The van der Waals surface area contributed by atoms with Crippen LogP contribution in [0.5, 0.6) is 5.75 Å². The SMILES string of the molecule is COC(=O)C1(Cc2cccc(OC)c2)CCC2(CC1)OCCO2. The molecule has 1 aromatic rings. The molecule has 0 unspecified atom stereocenters. The molecule has 126 valence electrons. The number of ether oxygens (including phenoxy) is 4. The predicted octanol–water partition coefficient (Wildman–Crippen LogP) is 2.71. The monoisotopic (exact) mass is 320 g/mol. The number of carbonyl (C=O) groups is 1. The molecule has 2 aliphatic rings. The first kappa shape index (κ1) is 16.3. The number of carbonyl (C=O) groups excluding carboxylic acids is 1. The average molecular weight is 320 g/mol. The molecule has 1 aliphatic carbocycles. The maximum atomic E-state index is 12.5. The maximum Gasteiger partial charge on any atom is 0.312 e. The summed E-state index contributed by atoms with van der Waals surface area (Å²) in [7, 11) is 3.11. The zero-order chi connectivity index (χ0) is 16.3. The van der Waals surface area contributed by atoms with Crippen molar-refractivity contribution in [3.63, 3.8) is 0 Å². The lowest BCUT2D eigenvalue weighted by Crippen LogP contribution is -2.45. The molecule has 0 radical (unpaired) electrons. The van der Waals surface area contributed by atoms with Gasteiger partial charge >= 0.3 is 5.97 Å². The van der Waals surface area contributed by atoms with Gasteiger partial charge in [0.05, 0.1) is 32.8 Å². The van der Waals surface area contributed by atoms with E-state index in [4.69, 9.17) is 18.9 Å². The van der Waals surface area contributed by atoms with Crippen molar-refractivity contribution >= 4 is 5.97 Å². The highest BCUT2D eigenvalue weighted by Crippen LogP contribution is 2.47. The summed E-state index contributed by atoms with van der Waals surface area (Å²) in [6, 6.07) is 7.87. The molecule has 2 fully saturated rings. The van der Waals surface area contributed by atoms with E-state index in [1.54, 1.807) is 7.11 Å². The molecule has 1 saturated heterocycles. The first-order valence-electron chi connectivity index (χ1n) is 8.11. The van der Waals surface area contributed by atoms with Gasteiger partial charge in [0.25, 0.3) is 0 Å². The van der Waals surface area contributed by atoms with Crippen LogP contribution in [-0.2, 0) is 25.4 Å². The third-order valence-electron chi connectivity index (χ3n) is 5.08. The smallest absolute Gasteiger partial charge is 0.312 e. The van der Waals surface area contributed by atoms with Crippen LogP contribution in [0.25, 0.3) is 0 Å². The lowest BCUT2D eigenvalue weighted by molar-refractivity contribution is -0.198. The molecule has 5 heteroatoms. The largest absolute Gasteiger partial charge is 0.497 e. The molecule has 0 bridgehead atoms. The van der Waals surface area contributed by atoms with Crippen LogP contribution >= 0.6 is 0 Å². The van der Waals surface area contributed by atoms with Crippen LogP contribution in [0.4, 0.5) is 0 Å². The minimum absolute atomic E-state index is 0.145. The van der Waals surface area contributed by atoms with Crippen molar-refractivity contribution in [3.8, 4) is 5.75 Å². The van der Waals surface area contributed by atoms with Gasteiger partial charge in [-0.05, 0) is 37.0 Å². The van der Waals surface area contributed by atoms with Crippen molar-refractivity contribution in [1.82, 2.24) is 0 Å². The van der Waals surface area contributed by atoms with E-state index in [1.807, 2.05) is 24.3 Å². The van der Waals surface area contributed by atoms with Crippen LogP contribution in [0.3, 0.4) is 0 Å². The highest BCUT2D eigenvalue weighted by molar-refractivity contribution is 5.77. The molecule has 1 spiro atoms. The molecule has 0 aromatic heterocycles. The Morgan fingerprint density at radius 2 is 1.83 bits per heavy atom. The predicted molar refractivity (Wildman–Crippen MR) is 84.3 cm³/mol. The molecule has 5 nitrogen and oxygen atoms in total. The summed E-state index contributed by atoms with van der Waals surface area (Å²) in [4.78, 5) is 12.5. The van der Waals surface area contributed by atoms with Crippen molar-refractivity contribution in [3.05, 3.63) is 29.8 Å². The summed E-state index contributed by atoms with van der Waals surface area (Å²) < 4.78 is 22.0. The van der Waals surface area contributed by atoms with Gasteiger partial charge in [-0.1, -0.05) is 12.1 Å². The van der Waals surface area contributed by atoms with Crippen LogP contribution in [-0.4, -0.2) is 39.2 Å². The second-order valence-electron chi connectivity index (χ2n) is 6.41. The van der Waals surface area contributed by atoms with Crippen molar-refractivity contribution in [2.45, 2.75) is 37.9 Å². The van der Waals surface area contributed by atoms with Crippen LogP contribution in [0.15, 0.2) is 24.3 Å². The van der Waals surface area contributed by atoms with Gasteiger partial charge in [-0.3, -0.25) is 4.79 Å². The van der Waals surface area contributed by atoms with Crippen LogP contribution in [0, 0.1) is 5.41 Å². The van der Waals surface area contributed by atoms with Crippen molar-refractivity contribution in [2.24, 2.45) is 5.41 Å². The van der Waals surface area contributed by atoms with Gasteiger partial charge in [0.2, 0.25) is 0 Å². The second-order valence-corrected chi connectivity index (χ2v) is 6.41. The van der Waals surface area contributed by atoms with E-state index in [0.29, 0.717) is 32.5 Å². The normalized spacial score (nSPS) is 22.0. The molecular formula is C18H24O5. The standard InChI is InChI=1S/C18H24O5/c1-20-15-5-3-4-14(12-15)13-17(16(19)21-2)6-8-18(9-7-17)22-10-11-23-18/h3-5,12H,6-11,13H2,1-2H3. The highest BCUT2D eigenvalue weighted by atomic mass is 16.7. The molecule has 23 heavy (non-hydrogen) atoms. The number of methoxy groups -OCH3 is 2. The van der Waals surface area contributed by atoms with Gasteiger partial charge in [-0.15, -0.1) is 0 Å². The van der Waals surface area contributed by atoms with Gasteiger partial charge in [0, 0.05) is 12.8 Å². The van der Waals surface area contributed by atoms with Gasteiger partial charge in [-0.2, -0.15) is 0 Å². The van der Waals surface area contributed by atoms with Gasteiger partial charge < -0.3 is 18.9 Å². The third-order valence-corrected chi connectivity index (χ3v) is 5.08. The molecule has 1 heterocycles. The number of hydrogen-bond donors (Lipinski definition) is 0. The van der Waals surface area contributed by atoms with Crippen molar-refractivity contribution in [1.29, 1.82) is 0 Å². The minimum Gasteiger partial charge on any atom is -0.497 e. The minimum atomic E-state index is -0.512. The summed E-state index contributed by atoms with van der Waals surface area (Å²) in [5.74, 6) is 0.178. The zero-order valence-corrected chi connectivity index (χ0v) is 13.8. The Morgan fingerprint density at radius 1 is 1.13 bits per heavy atom. The number of esters is 1. The van der Waals surface area contributed by atoms with Crippen LogP contribution < -0.4 is 4.74 Å². The first-order valence-corrected chi connectivity index (χ1v) is 8.11. The number of hydrogen-bond acceptors (Lipinski definition) is 5. The summed E-state index contributed by atoms with van der Waals surface area (Å²) in [5, 5.41) is 0. The molecule has 1 aliphatic heterocycles. The number of rotatable bonds is 4. The van der Waals surface area contributed by atoms with E-state index in [-0.39, 0.29) is 5.97 Å². The first-order chi connectivity index (χ1) is 11.1. The molecule has 1 saturated carbocycles. The molecule has 0 atom stereocenters. The van der Waals surface area contributed by atoms with E-state index < -0.39 is 11.2 Å². The Bertz CT molecular complexity index is 552. The summed E-state index contributed by atoms with van der Waals surface area (Å²) >= 11 is 0. The van der Waals surface area contributed by atoms with Crippen molar-refractivity contribution in [2.75, 3.05) is 27.4 Å². The van der Waals surface area contributed by atoms with E-state index in [9.17, 15) is 4.79 Å². The average Bonchev–Trinajstić information content (AvgIpc) is 3.05. The van der Waals surface area contributed by atoms with E-state index >= 15 is 0 Å². The maximum absolute atomic E-state index is 12.5. The highest BCUT2D eigenvalue weighted by Gasteiger charge is 2.50. The summed E-state index contributed by atoms with van der Waals surface area (Å²) in [6.45, 7) is 1.28. The van der Waals surface area contributed by atoms with Gasteiger partial charge in [0.1, 0.15) is 5.75 Å². The Balaban J connectivity index is 1.79.